The van der Waals surface area contributed by atoms with Crippen LogP contribution in [-0.2, 0) is 4.79 Å². The summed E-state index contributed by atoms with van der Waals surface area (Å²) < 4.78 is 5.86. The molecule has 4 heteroatoms. The summed E-state index contributed by atoms with van der Waals surface area (Å²) in [6.45, 7) is 0. The lowest BCUT2D eigenvalue weighted by Gasteiger charge is -2.24. The summed E-state index contributed by atoms with van der Waals surface area (Å²) in [6, 6.07) is 13.0. The second-order valence-corrected chi connectivity index (χ2v) is 4.65. The van der Waals surface area contributed by atoms with E-state index >= 15 is 0 Å². The van der Waals surface area contributed by atoms with Crippen LogP contribution in [0.5, 0.6) is 5.75 Å². The smallest absolute Gasteiger partial charge is 0.156 e. The van der Waals surface area contributed by atoms with Crippen LogP contribution in [0.4, 0.5) is 11.4 Å². The van der Waals surface area contributed by atoms with Crippen LogP contribution < -0.4 is 16.2 Å². The highest BCUT2D eigenvalue weighted by molar-refractivity contribution is 5.83. The Morgan fingerprint density at radius 2 is 1.80 bits per heavy atom. The van der Waals surface area contributed by atoms with Crippen LogP contribution in [0.2, 0.25) is 0 Å². The number of fused-ring (bicyclic) bond motifs is 1. The van der Waals surface area contributed by atoms with E-state index in [-0.39, 0.29) is 5.92 Å². The molecule has 3 rings (SSSR count). The van der Waals surface area contributed by atoms with Crippen LogP contribution in [0.1, 0.15) is 17.0 Å². The molecule has 0 saturated heterocycles. The van der Waals surface area contributed by atoms with Crippen LogP contribution in [0.15, 0.2) is 48.5 Å². The molecule has 4 N–H and O–H groups in total. The number of carbonyl (C=O) groups is 1. The molecule has 0 radical (unpaired) electrons. The predicted octanol–water partition coefficient (Wildman–Crippen LogP) is 2.57. The molecule has 2 aromatic rings. The SMILES string of the molecule is Nc1ccc2c(c1N)OC(c1ccccc1)=CC2C=O. The molecule has 100 valence electrons. The molecular formula is C16H14N2O2. The van der Waals surface area contributed by atoms with Gasteiger partial charge in [-0.15, -0.1) is 0 Å². The maximum absolute atomic E-state index is 11.3. The van der Waals surface area contributed by atoms with Crippen molar-refractivity contribution in [2.24, 2.45) is 0 Å². The lowest BCUT2D eigenvalue weighted by atomic mass is 9.94. The number of hydrogen-bond acceptors (Lipinski definition) is 4. The van der Waals surface area contributed by atoms with Crippen molar-refractivity contribution in [2.45, 2.75) is 5.92 Å². The first kappa shape index (κ1) is 12.3. The van der Waals surface area contributed by atoms with Crippen molar-refractivity contribution in [2.75, 3.05) is 11.5 Å². The molecule has 0 bridgehead atoms. The quantitative estimate of drug-likeness (QED) is 0.647. The van der Waals surface area contributed by atoms with Gasteiger partial charge in [-0.05, 0) is 12.1 Å². The second-order valence-electron chi connectivity index (χ2n) is 4.65. The maximum Gasteiger partial charge on any atom is 0.156 e. The first-order valence-corrected chi connectivity index (χ1v) is 6.29. The number of rotatable bonds is 2. The fourth-order valence-corrected chi connectivity index (χ4v) is 2.28. The summed E-state index contributed by atoms with van der Waals surface area (Å²) >= 11 is 0. The summed E-state index contributed by atoms with van der Waals surface area (Å²) in [4.78, 5) is 11.3. The van der Waals surface area contributed by atoms with Gasteiger partial charge in [0.05, 0.1) is 17.3 Å². The molecule has 1 aliphatic heterocycles. The molecular weight excluding hydrogens is 252 g/mol. The van der Waals surface area contributed by atoms with Gasteiger partial charge in [0.25, 0.3) is 0 Å². The maximum atomic E-state index is 11.3. The zero-order chi connectivity index (χ0) is 14.1. The number of hydrogen-bond donors (Lipinski definition) is 2. The van der Waals surface area contributed by atoms with E-state index in [1.54, 1.807) is 18.2 Å². The Morgan fingerprint density at radius 3 is 2.50 bits per heavy atom. The lowest BCUT2D eigenvalue weighted by molar-refractivity contribution is -0.108. The normalized spacial score (nSPS) is 16.8. The van der Waals surface area contributed by atoms with Gasteiger partial charge in [-0.1, -0.05) is 36.4 Å². The number of carbonyl (C=O) groups excluding carboxylic acids is 1. The fraction of sp³-hybridized carbons (Fsp3) is 0.0625. The number of anilines is 2. The molecule has 0 amide bonds. The van der Waals surface area contributed by atoms with E-state index in [9.17, 15) is 4.79 Å². The summed E-state index contributed by atoms with van der Waals surface area (Å²) in [5, 5.41) is 0. The van der Waals surface area contributed by atoms with E-state index < -0.39 is 0 Å². The minimum atomic E-state index is -0.378. The summed E-state index contributed by atoms with van der Waals surface area (Å²) in [5.41, 5.74) is 14.2. The molecule has 0 saturated carbocycles. The zero-order valence-electron chi connectivity index (χ0n) is 10.7. The Morgan fingerprint density at radius 1 is 1.05 bits per heavy atom. The van der Waals surface area contributed by atoms with Crippen LogP contribution >= 0.6 is 0 Å². The first-order chi connectivity index (χ1) is 9.70. The highest BCUT2D eigenvalue weighted by Crippen LogP contribution is 2.42. The Bertz CT molecular complexity index is 693. The second kappa shape index (κ2) is 4.74. The third-order valence-corrected chi connectivity index (χ3v) is 3.37. The van der Waals surface area contributed by atoms with E-state index in [0.29, 0.717) is 22.9 Å². The topological polar surface area (TPSA) is 78.3 Å². The molecule has 0 spiro atoms. The zero-order valence-corrected chi connectivity index (χ0v) is 10.7. The van der Waals surface area contributed by atoms with E-state index in [1.165, 1.54) is 0 Å². The summed E-state index contributed by atoms with van der Waals surface area (Å²) in [7, 11) is 0. The Hall–Kier alpha value is -2.75. The number of benzene rings is 2. The highest BCUT2D eigenvalue weighted by Gasteiger charge is 2.25. The Labute approximate surface area is 116 Å². The van der Waals surface area contributed by atoms with Gasteiger partial charge in [-0.25, -0.2) is 0 Å². The fourth-order valence-electron chi connectivity index (χ4n) is 2.28. The monoisotopic (exact) mass is 266 g/mol. The molecule has 0 fully saturated rings. The average Bonchev–Trinajstić information content (AvgIpc) is 2.51. The van der Waals surface area contributed by atoms with Crippen LogP contribution in [0.25, 0.3) is 5.76 Å². The molecule has 1 aliphatic rings. The molecule has 1 atom stereocenters. The standard InChI is InChI=1S/C16H14N2O2/c17-13-7-6-12-11(9-19)8-14(20-16(12)15(13)18)10-4-2-1-3-5-10/h1-9,11H,17-18H2. The molecule has 1 unspecified atom stereocenters. The molecule has 1 heterocycles. The highest BCUT2D eigenvalue weighted by atomic mass is 16.5. The summed E-state index contributed by atoms with van der Waals surface area (Å²) in [5.74, 6) is 0.716. The molecule has 2 aromatic carbocycles. The van der Waals surface area contributed by atoms with Gasteiger partial charge < -0.3 is 21.0 Å². The van der Waals surface area contributed by atoms with Gasteiger partial charge in [0, 0.05) is 11.1 Å². The molecule has 0 aromatic heterocycles. The average molecular weight is 266 g/mol. The van der Waals surface area contributed by atoms with Crippen molar-refractivity contribution < 1.29 is 9.53 Å². The molecule has 20 heavy (non-hydrogen) atoms. The molecule has 4 nitrogen and oxygen atoms in total. The molecule has 0 aliphatic carbocycles. The number of ether oxygens (including phenoxy) is 1. The predicted molar refractivity (Wildman–Crippen MR) is 79.1 cm³/mol. The van der Waals surface area contributed by atoms with E-state index in [4.69, 9.17) is 16.2 Å². The van der Waals surface area contributed by atoms with Crippen molar-refractivity contribution >= 4 is 23.4 Å². The third-order valence-electron chi connectivity index (χ3n) is 3.37. The van der Waals surface area contributed by atoms with Crippen LogP contribution in [-0.4, -0.2) is 6.29 Å². The van der Waals surface area contributed by atoms with Gasteiger partial charge in [-0.3, -0.25) is 0 Å². The third kappa shape index (κ3) is 1.91. The van der Waals surface area contributed by atoms with Crippen LogP contribution in [0.3, 0.4) is 0 Å². The van der Waals surface area contributed by atoms with Crippen molar-refractivity contribution in [3.63, 3.8) is 0 Å². The van der Waals surface area contributed by atoms with Crippen molar-refractivity contribution in [1.82, 2.24) is 0 Å². The van der Waals surface area contributed by atoms with E-state index in [0.717, 1.165) is 17.4 Å². The number of aldehydes is 1. The van der Waals surface area contributed by atoms with Crippen molar-refractivity contribution in [3.8, 4) is 5.75 Å². The number of nitrogen functional groups attached to an aromatic ring is 2. The van der Waals surface area contributed by atoms with Gasteiger partial charge in [0.2, 0.25) is 0 Å². The van der Waals surface area contributed by atoms with Gasteiger partial charge in [-0.2, -0.15) is 0 Å². The van der Waals surface area contributed by atoms with Crippen molar-refractivity contribution in [3.05, 3.63) is 59.7 Å². The van der Waals surface area contributed by atoms with E-state index in [2.05, 4.69) is 0 Å². The first-order valence-electron chi connectivity index (χ1n) is 6.29. The van der Waals surface area contributed by atoms with Gasteiger partial charge >= 0.3 is 0 Å². The van der Waals surface area contributed by atoms with Crippen LogP contribution in [0, 0.1) is 0 Å². The minimum absolute atomic E-state index is 0.371. The largest absolute Gasteiger partial charge is 0.454 e. The van der Waals surface area contributed by atoms with Gasteiger partial charge in [0.15, 0.2) is 5.75 Å². The van der Waals surface area contributed by atoms with Gasteiger partial charge in [0.1, 0.15) is 12.0 Å². The lowest BCUT2D eigenvalue weighted by Crippen LogP contribution is -2.12. The summed E-state index contributed by atoms with van der Waals surface area (Å²) in [6.07, 6.45) is 2.67. The Kier molecular flexibility index (Phi) is 2.91. The number of allylic oxidation sites excluding steroid dienone is 1. The Balaban J connectivity index is 2.12. The van der Waals surface area contributed by atoms with Crippen molar-refractivity contribution in [1.29, 1.82) is 0 Å². The van der Waals surface area contributed by atoms with E-state index in [1.807, 2.05) is 30.3 Å². The minimum Gasteiger partial charge on any atom is -0.454 e. The number of nitrogens with two attached hydrogens (primary N) is 2.